The molecule has 158 valence electrons. The molecule has 0 amide bonds. The molecule has 0 aliphatic rings. The molecular weight excluding hydrogens is 550 g/mol. The molecule has 3 rings (SSSR count). The fourth-order valence-corrected chi connectivity index (χ4v) is 3.80. The predicted molar refractivity (Wildman–Crippen MR) is 130 cm³/mol. The van der Waals surface area contributed by atoms with Crippen LogP contribution in [0.4, 0.5) is 0 Å². The van der Waals surface area contributed by atoms with Gasteiger partial charge in [-0.2, -0.15) is 5.26 Å². The summed E-state index contributed by atoms with van der Waals surface area (Å²) in [6.07, 6.45) is 1.59. The first-order chi connectivity index (χ1) is 15.0. The van der Waals surface area contributed by atoms with Crippen LogP contribution in [0.1, 0.15) is 22.3 Å². The van der Waals surface area contributed by atoms with Crippen LogP contribution in [-0.4, -0.2) is 13.3 Å². The quantitative estimate of drug-likeness (QED) is 0.175. The van der Waals surface area contributed by atoms with Crippen molar-refractivity contribution in [2.24, 2.45) is 5.16 Å². The smallest absolute Gasteiger partial charge is 0.174 e. The highest BCUT2D eigenvalue weighted by atomic mass is 127. The number of rotatable bonds is 8. The van der Waals surface area contributed by atoms with Crippen LogP contribution in [-0.2, 0) is 18.1 Å². The normalized spacial score (nSPS) is 10.7. The van der Waals surface area contributed by atoms with Gasteiger partial charge in [-0.3, -0.25) is 0 Å². The molecule has 0 unspecified atom stereocenters. The second-order valence-corrected chi connectivity index (χ2v) is 8.32. The third-order valence-electron chi connectivity index (χ3n) is 4.25. The number of benzene rings is 3. The van der Waals surface area contributed by atoms with Gasteiger partial charge in [-0.05, 0) is 58.5 Å². The van der Waals surface area contributed by atoms with Crippen molar-refractivity contribution in [1.29, 1.82) is 5.26 Å². The van der Waals surface area contributed by atoms with Crippen LogP contribution in [0.3, 0.4) is 0 Å². The summed E-state index contributed by atoms with van der Waals surface area (Å²) in [6, 6.07) is 18.5. The highest BCUT2D eigenvalue weighted by Crippen LogP contribution is 2.34. The largest absolute Gasteiger partial charge is 0.493 e. The molecule has 0 aromatic heterocycles. The number of oxime groups is 1. The van der Waals surface area contributed by atoms with Crippen LogP contribution in [0, 0.1) is 14.9 Å². The van der Waals surface area contributed by atoms with Crippen LogP contribution in [0.5, 0.6) is 11.5 Å². The van der Waals surface area contributed by atoms with E-state index in [0.717, 1.165) is 20.3 Å². The van der Waals surface area contributed by atoms with E-state index in [1.54, 1.807) is 31.5 Å². The first-order valence-corrected chi connectivity index (χ1v) is 10.9. The highest BCUT2D eigenvalue weighted by molar-refractivity contribution is 14.1. The zero-order chi connectivity index (χ0) is 22.2. The molecule has 0 N–H and O–H groups in total. The van der Waals surface area contributed by atoms with Gasteiger partial charge in [-0.15, -0.1) is 0 Å². The lowest BCUT2D eigenvalue weighted by atomic mass is 10.1. The first kappa shape index (κ1) is 23.2. The Labute approximate surface area is 204 Å². The van der Waals surface area contributed by atoms with Crippen molar-refractivity contribution in [2.45, 2.75) is 13.2 Å². The number of hydrogen-bond donors (Lipinski definition) is 0. The maximum atomic E-state index is 9.13. The SMILES string of the molecule is COc1cc(/C=N\OCc2ccccc2C#N)cc(I)c1OCc1ccc(Cl)c(Cl)c1. The van der Waals surface area contributed by atoms with Crippen LogP contribution in [0.2, 0.25) is 10.0 Å². The Hall–Kier alpha value is -2.47. The van der Waals surface area contributed by atoms with Crippen molar-refractivity contribution < 1.29 is 14.3 Å². The summed E-state index contributed by atoms with van der Waals surface area (Å²) in [4.78, 5) is 5.36. The highest BCUT2D eigenvalue weighted by Gasteiger charge is 2.12. The van der Waals surface area contributed by atoms with Crippen LogP contribution in [0.15, 0.2) is 59.8 Å². The van der Waals surface area contributed by atoms with E-state index in [4.69, 9.17) is 42.8 Å². The molecule has 5 nitrogen and oxygen atoms in total. The Morgan fingerprint density at radius 3 is 2.61 bits per heavy atom. The van der Waals surface area contributed by atoms with E-state index in [9.17, 15) is 0 Å². The van der Waals surface area contributed by atoms with E-state index in [0.29, 0.717) is 33.7 Å². The van der Waals surface area contributed by atoms with Gasteiger partial charge in [-0.1, -0.05) is 52.6 Å². The van der Waals surface area contributed by atoms with Crippen LogP contribution in [0.25, 0.3) is 0 Å². The fourth-order valence-electron chi connectivity index (χ4n) is 2.70. The second kappa shape index (κ2) is 11.2. The topological polar surface area (TPSA) is 63.8 Å². The fraction of sp³-hybridized carbons (Fsp3) is 0.130. The number of methoxy groups -OCH3 is 1. The summed E-state index contributed by atoms with van der Waals surface area (Å²) in [5, 5.41) is 14.1. The minimum absolute atomic E-state index is 0.208. The van der Waals surface area contributed by atoms with Gasteiger partial charge in [0.25, 0.3) is 0 Å². The van der Waals surface area contributed by atoms with Crippen molar-refractivity contribution in [3.8, 4) is 17.6 Å². The van der Waals surface area contributed by atoms with E-state index in [-0.39, 0.29) is 6.61 Å². The molecule has 0 fully saturated rings. The number of halogens is 3. The Bertz CT molecular complexity index is 1150. The van der Waals surface area contributed by atoms with E-state index in [1.165, 1.54) is 0 Å². The zero-order valence-electron chi connectivity index (χ0n) is 16.4. The van der Waals surface area contributed by atoms with Crippen molar-refractivity contribution in [3.05, 3.63) is 90.5 Å². The summed E-state index contributed by atoms with van der Waals surface area (Å²) in [5.41, 5.74) is 3.03. The third-order valence-corrected chi connectivity index (χ3v) is 5.79. The molecule has 0 atom stereocenters. The van der Waals surface area contributed by atoms with Gasteiger partial charge in [-0.25, -0.2) is 0 Å². The molecule has 0 spiro atoms. The summed E-state index contributed by atoms with van der Waals surface area (Å²) >= 11 is 14.2. The summed E-state index contributed by atoms with van der Waals surface area (Å²) in [5.74, 6) is 1.19. The molecule has 3 aromatic rings. The van der Waals surface area contributed by atoms with E-state index < -0.39 is 0 Å². The summed E-state index contributed by atoms with van der Waals surface area (Å²) in [7, 11) is 1.58. The van der Waals surface area contributed by atoms with Gasteiger partial charge in [0.15, 0.2) is 11.5 Å². The lowest BCUT2D eigenvalue weighted by Crippen LogP contribution is -2.01. The van der Waals surface area contributed by atoms with Crippen molar-refractivity contribution >= 4 is 52.0 Å². The maximum Gasteiger partial charge on any atom is 0.174 e. The van der Waals surface area contributed by atoms with E-state index in [1.807, 2.05) is 36.4 Å². The van der Waals surface area contributed by atoms with Gasteiger partial charge in [0.1, 0.15) is 13.2 Å². The minimum atomic E-state index is 0.208. The van der Waals surface area contributed by atoms with E-state index >= 15 is 0 Å². The molecule has 0 aliphatic carbocycles. The molecular formula is C23H17Cl2IN2O3. The molecule has 0 saturated heterocycles. The average molecular weight is 567 g/mol. The van der Waals surface area contributed by atoms with Crippen molar-refractivity contribution in [1.82, 2.24) is 0 Å². The van der Waals surface area contributed by atoms with Gasteiger partial charge in [0, 0.05) is 11.1 Å². The molecule has 31 heavy (non-hydrogen) atoms. The zero-order valence-corrected chi connectivity index (χ0v) is 20.1. The molecule has 0 saturated carbocycles. The molecule has 0 aliphatic heterocycles. The lowest BCUT2D eigenvalue weighted by molar-refractivity contribution is 0.132. The maximum absolute atomic E-state index is 9.13. The first-order valence-electron chi connectivity index (χ1n) is 9.09. The van der Waals surface area contributed by atoms with Gasteiger partial charge >= 0.3 is 0 Å². The summed E-state index contributed by atoms with van der Waals surface area (Å²) < 4.78 is 12.3. The second-order valence-electron chi connectivity index (χ2n) is 6.35. The molecule has 0 radical (unpaired) electrons. The average Bonchev–Trinajstić information content (AvgIpc) is 2.78. The molecule has 3 aromatic carbocycles. The molecule has 0 bridgehead atoms. The Balaban J connectivity index is 1.67. The minimum Gasteiger partial charge on any atom is -0.493 e. The van der Waals surface area contributed by atoms with Crippen molar-refractivity contribution in [2.75, 3.05) is 7.11 Å². The Morgan fingerprint density at radius 2 is 1.87 bits per heavy atom. The third kappa shape index (κ3) is 6.26. The Morgan fingerprint density at radius 1 is 1.06 bits per heavy atom. The lowest BCUT2D eigenvalue weighted by Gasteiger charge is -2.14. The molecule has 8 heteroatoms. The standard InChI is InChI=1S/C23H17Cl2IN2O3/c1-29-22-10-16(12-28-31-14-18-5-3-2-4-17(18)11-27)9-21(26)23(22)30-13-15-6-7-19(24)20(25)8-15/h2-10,12H,13-14H2,1H3/b28-12-. The summed E-state index contributed by atoms with van der Waals surface area (Å²) in [6.45, 7) is 0.525. The van der Waals surface area contributed by atoms with Crippen LogP contribution >= 0.6 is 45.8 Å². The number of nitriles is 1. The monoisotopic (exact) mass is 566 g/mol. The van der Waals surface area contributed by atoms with E-state index in [2.05, 4.69) is 33.8 Å². The van der Waals surface area contributed by atoms with Crippen LogP contribution < -0.4 is 9.47 Å². The Kier molecular flexibility index (Phi) is 8.41. The number of hydrogen-bond acceptors (Lipinski definition) is 5. The number of ether oxygens (including phenoxy) is 2. The number of nitrogens with zero attached hydrogens (tertiary/aromatic N) is 2. The van der Waals surface area contributed by atoms with Gasteiger partial charge in [0.2, 0.25) is 0 Å². The van der Waals surface area contributed by atoms with Gasteiger partial charge < -0.3 is 14.3 Å². The van der Waals surface area contributed by atoms with Crippen molar-refractivity contribution in [3.63, 3.8) is 0 Å². The predicted octanol–water partition coefficient (Wildman–Crippen LogP) is 6.61. The molecule has 0 heterocycles. The van der Waals surface area contributed by atoms with Gasteiger partial charge in [0.05, 0.1) is 38.6 Å².